The number of nitrogens with one attached hydrogen (secondary N) is 1. The number of nitro benzene ring substituents is 1. The van der Waals surface area contributed by atoms with Crippen LogP contribution in [0.4, 0.5) is 11.4 Å². The van der Waals surface area contributed by atoms with Crippen molar-refractivity contribution in [3.05, 3.63) is 33.9 Å². The van der Waals surface area contributed by atoms with Gasteiger partial charge in [0.25, 0.3) is 12.2 Å². The highest BCUT2D eigenvalue weighted by Gasteiger charge is 2.10. The third kappa shape index (κ3) is 7.10. The van der Waals surface area contributed by atoms with Gasteiger partial charge in [0.15, 0.2) is 0 Å². The minimum atomic E-state index is -0.400. The molecule has 0 aliphatic heterocycles. The molecule has 0 spiro atoms. The van der Waals surface area contributed by atoms with Gasteiger partial charge in [-0.15, -0.1) is 0 Å². The molecule has 1 aromatic carbocycles. The number of rotatable bonds is 5. The van der Waals surface area contributed by atoms with Gasteiger partial charge in [-0.1, -0.05) is 6.07 Å². The Morgan fingerprint density at radius 3 is 2.55 bits per heavy atom. The summed E-state index contributed by atoms with van der Waals surface area (Å²) in [6, 6.07) is 4.93. The van der Waals surface area contributed by atoms with Crippen LogP contribution < -0.4 is 5.43 Å². The largest absolute Gasteiger partial charge is 0.468 e. The lowest BCUT2D eigenvalue weighted by molar-refractivity contribution is -0.385. The monoisotopic (exact) mass is 281 g/mol. The Labute approximate surface area is 117 Å². The molecule has 110 valence electrons. The molecule has 0 bridgehead atoms. The molecule has 0 aliphatic carbocycles. The number of nitro groups is 1. The fourth-order valence-corrected chi connectivity index (χ4v) is 1.12. The van der Waals surface area contributed by atoms with Crippen LogP contribution in [0, 0.1) is 17.0 Å². The first-order valence-corrected chi connectivity index (χ1v) is 5.99. The summed E-state index contributed by atoms with van der Waals surface area (Å²) in [5, 5.41) is 14.6. The predicted molar refractivity (Wildman–Crippen MR) is 77.9 cm³/mol. The molecule has 0 radical (unpaired) electrons. The molecule has 0 saturated carbocycles. The molecule has 1 N–H and O–H groups in total. The lowest BCUT2D eigenvalue weighted by atomic mass is 10.2. The number of ether oxygens (including phenoxy) is 1. The fourth-order valence-electron chi connectivity index (χ4n) is 1.12. The molecule has 0 saturated heterocycles. The summed E-state index contributed by atoms with van der Waals surface area (Å²) in [6.45, 7) is 8.05. The molecule has 7 nitrogen and oxygen atoms in total. The predicted octanol–water partition coefficient (Wildman–Crippen LogP) is 2.89. The van der Waals surface area contributed by atoms with E-state index in [0.29, 0.717) is 24.3 Å². The van der Waals surface area contributed by atoms with Gasteiger partial charge in [0, 0.05) is 17.3 Å². The third-order valence-corrected chi connectivity index (χ3v) is 2.05. The van der Waals surface area contributed by atoms with E-state index in [1.54, 1.807) is 26.0 Å². The van der Waals surface area contributed by atoms with Crippen molar-refractivity contribution in [1.29, 1.82) is 0 Å². The molecule has 0 atom stereocenters. The average molecular weight is 281 g/mol. The van der Waals surface area contributed by atoms with Crippen molar-refractivity contribution in [3.8, 4) is 0 Å². The summed E-state index contributed by atoms with van der Waals surface area (Å²) in [7, 11) is 0. The molecule has 0 aromatic heterocycles. The molecule has 0 aliphatic rings. The minimum Gasteiger partial charge on any atom is -0.468 e. The fraction of sp³-hybridized carbons (Fsp3) is 0.385. The van der Waals surface area contributed by atoms with Crippen LogP contribution in [0.1, 0.15) is 26.3 Å². The number of carbonyl (C=O) groups excluding carboxylic acids is 1. The Morgan fingerprint density at radius 2 is 2.15 bits per heavy atom. The summed E-state index contributed by atoms with van der Waals surface area (Å²) in [5.41, 5.74) is 4.97. The highest BCUT2D eigenvalue weighted by Crippen LogP contribution is 2.22. The van der Waals surface area contributed by atoms with Gasteiger partial charge in [-0.3, -0.25) is 20.3 Å². The zero-order chi connectivity index (χ0) is 15.5. The van der Waals surface area contributed by atoms with Crippen LogP contribution in [-0.2, 0) is 9.53 Å². The zero-order valence-corrected chi connectivity index (χ0v) is 12.0. The quantitative estimate of drug-likeness (QED) is 0.387. The summed E-state index contributed by atoms with van der Waals surface area (Å²) in [4.78, 5) is 19.4. The maximum absolute atomic E-state index is 10.7. The molecule has 0 amide bonds. The zero-order valence-electron chi connectivity index (χ0n) is 12.0. The SMILES string of the molecule is CC(C)=NNc1ccc(C)c([N+](=O)[O-])c1.CCOC=O. The van der Waals surface area contributed by atoms with E-state index in [4.69, 9.17) is 0 Å². The average Bonchev–Trinajstić information content (AvgIpc) is 2.39. The van der Waals surface area contributed by atoms with E-state index >= 15 is 0 Å². The van der Waals surface area contributed by atoms with Crippen molar-refractivity contribution < 1.29 is 14.5 Å². The first-order valence-electron chi connectivity index (χ1n) is 5.99. The molecular weight excluding hydrogens is 262 g/mol. The maximum atomic E-state index is 10.7. The summed E-state index contributed by atoms with van der Waals surface area (Å²) < 4.78 is 4.15. The molecule has 7 heteroatoms. The van der Waals surface area contributed by atoms with Crippen molar-refractivity contribution in [2.75, 3.05) is 12.0 Å². The highest BCUT2D eigenvalue weighted by atomic mass is 16.6. The lowest BCUT2D eigenvalue weighted by Gasteiger charge is -2.02. The number of hydrazone groups is 1. The van der Waals surface area contributed by atoms with Crippen LogP contribution in [0.5, 0.6) is 0 Å². The Kier molecular flexibility index (Phi) is 8.33. The number of aryl methyl sites for hydroxylation is 1. The number of hydrogen-bond acceptors (Lipinski definition) is 6. The van der Waals surface area contributed by atoms with Crippen LogP contribution in [0.15, 0.2) is 23.3 Å². The molecule has 0 heterocycles. The maximum Gasteiger partial charge on any atom is 0.293 e. The van der Waals surface area contributed by atoms with Gasteiger partial charge in [-0.2, -0.15) is 5.10 Å². The van der Waals surface area contributed by atoms with Gasteiger partial charge in [-0.05, 0) is 33.8 Å². The molecule has 20 heavy (non-hydrogen) atoms. The van der Waals surface area contributed by atoms with E-state index in [-0.39, 0.29) is 5.69 Å². The third-order valence-electron chi connectivity index (χ3n) is 2.05. The Bertz CT molecular complexity index is 483. The summed E-state index contributed by atoms with van der Waals surface area (Å²) in [5.74, 6) is 0. The second-order valence-corrected chi connectivity index (χ2v) is 3.98. The van der Waals surface area contributed by atoms with E-state index in [9.17, 15) is 14.9 Å². The second-order valence-electron chi connectivity index (χ2n) is 3.98. The number of anilines is 1. The van der Waals surface area contributed by atoms with Gasteiger partial charge < -0.3 is 4.74 Å². The van der Waals surface area contributed by atoms with Crippen LogP contribution in [0.2, 0.25) is 0 Å². The first-order chi connectivity index (χ1) is 9.42. The minimum absolute atomic E-state index is 0.101. The number of carbonyl (C=O) groups is 1. The van der Waals surface area contributed by atoms with Crippen molar-refractivity contribution >= 4 is 23.6 Å². The van der Waals surface area contributed by atoms with Crippen LogP contribution >= 0.6 is 0 Å². The van der Waals surface area contributed by atoms with Crippen molar-refractivity contribution in [1.82, 2.24) is 0 Å². The van der Waals surface area contributed by atoms with Crippen molar-refractivity contribution in [2.24, 2.45) is 5.10 Å². The standard InChI is InChI=1S/C10H13N3O2.C3H6O2/c1-7(2)11-12-9-5-4-8(3)10(6-9)13(14)15;1-2-5-3-4/h4-6,12H,1-3H3;3H,2H2,1H3. The second kappa shape index (κ2) is 9.48. The van der Waals surface area contributed by atoms with E-state index in [0.717, 1.165) is 5.71 Å². The van der Waals surface area contributed by atoms with Gasteiger partial charge in [-0.25, -0.2) is 0 Å². The summed E-state index contributed by atoms with van der Waals surface area (Å²) in [6.07, 6.45) is 0. The number of benzene rings is 1. The first kappa shape index (κ1) is 17.6. The Morgan fingerprint density at radius 1 is 1.50 bits per heavy atom. The number of hydrogen-bond donors (Lipinski definition) is 1. The molecule has 1 rings (SSSR count). The summed E-state index contributed by atoms with van der Waals surface area (Å²) >= 11 is 0. The molecule has 0 unspecified atom stereocenters. The van der Waals surface area contributed by atoms with E-state index in [1.165, 1.54) is 6.07 Å². The van der Waals surface area contributed by atoms with E-state index in [1.807, 2.05) is 13.8 Å². The van der Waals surface area contributed by atoms with E-state index in [2.05, 4.69) is 15.3 Å². The van der Waals surface area contributed by atoms with Crippen molar-refractivity contribution in [3.63, 3.8) is 0 Å². The lowest BCUT2D eigenvalue weighted by Crippen LogP contribution is -1.96. The van der Waals surface area contributed by atoms with Crippen molar-refractivity contribution in [2.45, 2.75) is 27.7 Å². The molecule has 0 fully saturated rings. The topological polar surface area (TPSA) is 93.8 Å². The normalized spacial score (nSPS) is 8.80. The molecular formula is C13H19N3O4. The van der Waals surface area contributed by atoms with Crippen LogP contribution in [0.25, 0.3) is 0 Å². The Balaban J connectivity index is 0.000000621. The number of nitrogens with zero attached hydrogens (tertiary/aromatic N) is 2. The van der Waals surface area contributed by atoms with Gasteiger partial charge in [0.2, 0.25) is 0 Å². The van der Waals surface area contributed by atoms with Gasteiger partial charge in [0.05, 0.1) is 17.2 Å². The van der Waals surface area contributed by atoms with Crippen LogP contribution in [-0.4, -0.2) is 23.7 Å². The van der Waals surface area contributed by atoms with Gasteiger partial charge >= 0.3 is 0 Å². The smallest absolute Gasteiger partial charge is 0.293 e. The highest BCUT2D eigenvalue weighted by molar-refractivity contribution is 5.79. The molecule has 1 aromatic rings. The van der Waals surface area contributed by atoms with Gasteiger partial charge in [0.1, 0.15) is 0 Å². The Hall–Kier alpha value is -2.44. The van der Waals surface area contributed by atoms with E-state index < -0.39 is 4.92 Å². The van der Waals surface area contributed by atoms with Crippen LogP contribution in [0.3, 0.4) is 0 Å².